The average molecular weight is 386 g/mol. The molecule has 0 aliphatic carbocycles. The van der Waals surface area contributed by atoms with Crippen molar-refractivity contribution in [2.45, 2.75) is 53.9 Å². The average Bonchev–Trinajstić information content (AvgIpc) is 3.17. The number of carbonyl (C=O) groups excluding carboxylic acids is 2. The Kier molecular flexibility index (Phi) is 5.38. The number of fused-ring (bicyclic) bond motifs is 1. The first-order valence-electron chi connectivity index (χ1n) is 9.43. The quantitative estimate of drug-likeness (QED) is 0.823. The van der Waals surface area contributed by atoms with Crippen LogP contribution in [0, 0.1) is 12.3 Å². The lowest BCUT2D eigenvalue weighted by atomic mass is 9.96. The van der Waals surface area contributed by atoms with E-state index in [0.717, 1.165) is 41.2 Å². The van der Waals surface area contributed by atoms with E-state index in [1.54, 1.807) is 0 Å². The molecule has 1 aliphatic heterocycles. The van der Waals surface area contributed by atoms with Crippen molar-refractivity contribution < 1.29 is 9.59 Å². The number of hydrogen-bond donors (Lipinski definition) is 1. The molecule has 1 aromatic heterocycles. The van der Waals surface area contributed by atoms with Crippen LogP contribution in [0.1, 0.15) is 51.0 Å². The molecule has 0 fully saturated rings. The molecule has 0 saturated heterocycles. The zero-order valence-electron chi connectivity index (χ0n) is 16.7. The predicted molar refractivity (Wildman–Crippen MR) is 111 cm³/mol. The molecular formula is C21H27N3O2S. The predicted octanol–water partition coefficient (Wildman–Crippen LogP) is 4.79. The van der Waals surface area contributed by atoms with Gasteiger partial charge in [-0.25, -0.2) is 4.98 Å². The van der Waals surface area contributed by atoms with Gasteiger partial charge in [0.25, 0.3) is 0 Å². The fourth-order valence-corrected chi connectivity index (χ4v) is 3.99. The highest BCUT2D eigenvalue weighted by atomic mass is 32.1. The van der Waals surface area contributed by atoms with Crippen molar-refractivity contribution in [3.8, 4) is 11.3 Å². The second-order valence-electron chi connectivity index (χ2n) is 8.02. The Morgan fingerprint density at radius 2 is 2.04 bits per heavy atom. The van der Waals surface area contributed by atoms with E-state index in [4.69, 9.17) is 0 Å². The molecule has 0 saturated carbocycles. The molecule has 1 aromatic carbocycles. The monoisotopic (exact) mass is 385 g/mol. The second kappa shape index (κ2) is 7.43. The van der Waals surface area contributed by atoms with Crippen LogP contribution in [-0.2, 0) is 16.0 Å². The molecule has 5 nitrogen and oxygen atoms in total. The maximum absolute atomic E-state index is 12.3. The molecule has 1 aliphatic rings. The normalized spacial score (nSPS) is 13.6. The van der Waals surface area contributed by atoms with Crippen molar-refractivity contribution in [1.82, 2.24) is 4.98 Å². The standard InChI is InChI=1S/C21H27N3O2S/c1-6-7-17(25)24-11-10-14-12-15(8-9-16(14)24)18-13(2)27-20(22-18)23-19(26)21(3,4)5/h8-9,12H,6-7,10-11H2,1-5H3,(H,22,23,26). The van der Waals surface area contributed by atoms with E-state index in [-0.39, 0.29) is 11.8 Å². The number of carbonyl (C=O) groups is 2. The smallest absolute Gasteiger partial charge is 0.231 e. The summed E-state index contributed by atoms with van der Waals surface area (Å²) in [4.78, 5) is 32.1. The van der Waals surface area contributed by atoms with Crippen LogP contribution in [0.3, 0.4) is 0 Å². The van der Waals surface area contributed by atoms with Crippen LogP contribution >= 0.6 is 11.3 Å². The molecule has 2 amide bonds. The zero-order valence-corrected chi connectivity index (χ0v) is 17.5. The minimum absolute atomic E-state index is 0.0400. The number of nitrogens with one attached hydrogen (secondary N) is 1. The highest BCUT2D eigenvalue weighted by Gasteiger charge is 2.26. The van der Waals surface area contributed by atoms with Crippen LogP contribution in [0.15, 0.2) is 18.2 Å². The third-order valence-electron chi connectivity index (χ3n) is 4.71. The number of aryl methyl sites for hydroxylation is 1. The van der Waals surface area contributed by atoms with Gasteiger partial charge in [-0.1, -0.05) is 33.8 Å². The number of aromatic nitrogens is 1. The van der Waals surface area contributed by atoms with Crippen LogP contribution in [0.4, 0.5) is 10.8 Å². The molecule has 0 bridgehead atoms. The Hall–Kier alpha value is -2.21. The van der Waals surface area contributed by atoms with Gasteiger partial charge in [0.1, 0.15) is 0 Å². The summed E-state index contributed by atoms with van der Waals surface area (Å²) in [5, 5.41) is 3.54. The van der Waals surface area contributed by atoms with Crippen LogP contribution in [0.5, 0.6) is 0 Å². The molecular weight excluding hydrogens is 358 g/mol. The SMILES string of the molecule is CCCC(=O)N1CCc2cc(-c3nc(NC(=O)C(C)(C)C)sc3C)ccc21. The number of rotatable bonds is 4. The Morgan fingerprint density at radius 1 is 1.30 bits per heavy atom. The summed E-state index contributed by atoms with van der Waals surface area (Å²) in [6.07, 6.45) is 2.32. The van der Waals surface area contributed by atoms with Crippen LogP contribution in [0.25, 0.3) is 11.3 Å². The van der Waals surface area contributed by atoms with Gasteiger partial charge in [0.2, 0.25) is 11.8 Å². The number of amides is 2. The molecule has 0 spiro atoms. The van der Waals surface area contributed by atoms with Crippen LogP contribution in [-0.4, -0.2) is 23.3 Å². The summed E-state index contributed by atoms with van der Waals surface area (Å²) in [7, 11) is 0. The fourth-order valence-electron chi connectivity index (χ4n) is 3.16. The van der Waals surface area contributed by atoms with E-state index in [1.165, 1.54) is 16.9 Å². The third-order valence-corrected chi connectivity index (χ3v) is 5.60. The van der Waals surface area contributed by atoms with E-state index < -0.39 is 5.41 Å². The Morgan fingerprint density at radius 3 is 2.70 bits per heavy atom. The molecule has 1 N–H and O–H groups in total. The van der Waals surface area contributed by atoms with E-state index >= 15 is 0 Å². The summed E-state index contributed by atoms with van der Waals surface area (Å²) in [5.74, 6) is 0.155. The van der Waals surface area contributed by atoms with Crippen molar-refractivity contribution in [3.63, 3.8) is 0 Å². The van der Waals surface area contributed by atoms with Crippen molar-refractivity contribution >= 4 is 34.0 Å². The topological polar surface area (TPSA) is 62.3 Å². The van der Waals surface area contributed by atoms with E-state index in [2.05, 4.69) is 16.4 Å². The minimum Gasteiger partial charge on any atom is -0.312 e. The number of nitrogens with zero attached hydrogens (tertiary/aromatic N) is 2. The van der Waals surface area contributed by atoms with E-state index in [9.17, 15) is 9.59 Å². The van der Waals surface area contributed by atoms with Gasteiger partial charge in [-0.05, 0) is 37.5 Å². The summed E-state index contributed by atoms with van der Waals surface area (Å²) in [6, 6.07) is 6.18. The number of hydrogen-bond acceptors (Lipinski definition) is 4. The van der Waals surface area contributed by atoms with E-state index in [0.29, 0.717) is 11.6 Å². The van der Waals surface area contributed by atoms with Gasteiger partial charge in [-0.3, -0.25) is 9.59 Å². The van der Waals surface area contributed by atoms with Gasteiger partial charge in [-0.2, -0.15) is 0 Å². The molecule has 0 atom stereocenters. The summed E-state index contributed by atoms with van der Waals surface area (Å²) in [6.45, 7) is 10.4. The third kappa shape index (κ3) is 4.05. The Bertz CT molecular complexity index is 880. The highest BCUT2D eigenvalue weighted by Crippen LogP contribution is 2.36. The minimum atomic E-state index is -0.457. The lowest BCUT2D eigenvalue weighted by molar-refractivity contribution is -0.123. The molecule has 0 radical (unpaired) electrons. The maximum Gasteiger partial charge on any atom is 0.231 e. The summed E-state index contributed by atoms with van der Waals surface area (Å²) in [5.41, 5.74) is 3.67. The number of benzene rings is 1. The van der Waals surface area contributed by atoms with Crippen LogP contribution in [0.2, 0.25) is 0 Å². The van der Waals surface area contributed by atoms with Gasteiger partial charge >= 0.3 is 0 Å². The molecule has 27 heavy (non-hydrogen) atoms. The summed E-state index contributed by atoms with van der Waals surface area (Å²) < 4.78 is 0. The first-order chi connectivity index (χ1) is 12.7. The fraction of sp³-hybridized carbons (Fsp3) is 0.476. The maximum atomic E-state index is 12.3. The number of anilines is 2. The summed E-state index contributed by atoms with van der Waals surface area (Å²) >= 11 is 1.49. The van der Waals surface area contributed by atoms with Crippen molar-refractivity contribution in [2.75, 3.05) is 16.8 Å². The van der Waals surface area contributed by atoms with Gasteiger partial charge in [-0.15, -0.1) is 11.3 Å². The van der Waals surface area contributed by atoms with Gasteiger partial charge in [0.15, 0.2) is 5.13 Å². The molecule has 3 rings (SSSR count). The van der Waals surface area contributed by atoms with E-state index in [1.807, 2.05) is 51.7 Å². The van der Waals surface area contributed by atoms with Crippen molar-refractivity contribution in [2.24, 2.45) is 5.41 Å². The number of thiazole rings is 1. The first-order valence-corrected chi connectivity index (χ1v) is 10.2. The molecule has 144 valence electrons. The van der Waals surface area contributed by atoms with Crippen LogP contribution < -0.4 is 10.2 Å². The Labute approximate surface area is 164 Å². The molecule has 0 unspecified atom stereocenters. The van der Waals surface area contributed by atoms with Gasteiger partial charge in [0, 0.05) is 34.5 Å². The largest absolute Gasteiger partial charge is 0.312 e. The zero-order chi connectivity index (χ0) is 19.8. The Balaban J connectivity index is 1.84. The van der Waals surface area contributed by atoms with Crippen molar-refractivity contribution in [1.29, 1.82) is 0 Å². The lowest BCUT2D eigenvalue weighted by Gasteiger charge is -2.17. The van der Waals surface area contributed by atoms with Crippen molar-refractivity contribution in [3.05, 3.63) is 28.6 Å². The molecule has 2 aromatic rings. The molecule has 2 heterocycles. The lowest BCUT2D eigenvalue weighted by Crippen LogP contribution is -2.28. The second-order valence-corrected chi connectivity index (χ2v) is 9.22. The van der Waals surface area contributed by atoms with Gasteiger partial charge in [0.05, 0.1) is 5.69 Å². The molecule has 6 heteroatoms. The van der Waals surface area contributed by atoms with Gasteiger partial charge < -0.3 is 10.2 Å². The first kappa shape index (κ1) is 19.5. The highest BCUT2D eigenvalue weighted by molar-refractivity contribution is 7.16.